The number of amides is 1. The van der Waals surface area contributed by atoms with Gasteiger partial charge in [0, 0.05) is 11.6 Å². The molecule has 1 fully saturated rings. The highest BCUT2D eigenvalue weighted by Gasteiger charge is 2.52. The van der Waals surface area contributed by atoms with Gasteiger partial charge in [-0.3, -0.25) is 9.69 Å². The Labute approximate surface area is 208 Å². The van der Waals surface area contributed by atoms with Gasteiger partial charge in [0.15, 0.2) is 12.3 Å². The van der Waals surface area contributed by atoms with Crippen LogP contribution >= 0.6 is 0 Å². The van der Waals surface area contributed by atoms with Crippen LogP contribution in [0.1, 0.15) is 73.6 Å². The molecule has 0 N–H and O–H groups in total. The molecule has 2 rings (SSSR count). The van der Waals surface area contributed by atoms with Gasteiger partial charge in [-0.25, -0.2) is 9.59 Å². The van der Waals surface area contributed by atoms with E-state index in [0.717, 1.165) is 0 Å². The third-order valence-corrected chi connectivity index (χ3v) is 5.30. The molecule has 1 saturated heterocycles. The molecular weight excluding hydrogens is 454 g/mol. The lowest BCUT2D eigenvalue weighted by Gasteiger charge is -2.32. The van der Waals surface area contributed by atoms with E-state index >= 15 is 0 Å². The van der Waals surface area contributed by atoms with Crippen molar-refractivity contribution in [1.82, 2.24) is 4.90 Å². The molecule has 1 aromatic carbocycles. The van der Waals surface area contributed by atoms with Crippen molar-refractivity contribution < 1.29 is 38.1 Å². The van der Waals surface area contributed by atoms with Gasteiger partial charge in [-0.2, -0.15) is 0 Å². The Balaban J connectivity index is 2.58. The van der Waals surface area contributed by atoms with Gasteiger partial charge in [0.1, 0.15) is 17.1 Å². The summed E-state index contributed by atoms with van der Waals surface area (Å²) in [7, 11) is 3.02. The second-order valence-electron chi connectivity index (χ2n) is 11.1. The fourth-order valence-electron chi connectivity index (χ4n) is 3.64. The van der Waals surface area contributed by atoms with Crippen LogP contribution in [0.4, 0.5) is 4.79 Å². The van der Waals surface area contributed by atoms with Gasteiger partial charge in [-0.05, 0) is 66.0 Å². The maximum atomic E-state index is 13.4. The molecule has 1 aliphatic heterocycles. The molecule has 3 atom stereocenters. The second kappa shape index (κ2) is 10.8. The summed E-state index contributed by atoms with van der Waals surface area (Å²) in [5, 5.41) is 0. The van der Waals surface area contributed by atoms with Crippen LogP contribution < -0.4 is 9.47 Å². The van der Waals surface area contributed by atoms with Gasteiger partial charge < -0.3 is 23.7 Å². The van der Waals surface area contributed by atoms with E-state index in [4.69, 9.17) is 23.7 Å². The molecule has 1 amide bonds. The van der Waals surface area contributed by atoms with Crippen molar-refractivity contribution in [3.8, 4) is 11.5 Å². The first-order valence-corrected chi connectivity index (χ1v) is 11.7. The van der Waals surface area contributed by atoms with E-state index in [1.165, 1.54) is 19.1 Å². The Morgan fingerprint density at radius 2 is 1.66 bits per heavy atom. The Kier molecular flexibility index (Phi) is 8.81. The summed E-state index contributed by atoms with van der Waals surface area (Å²) < 4.78 is 27.9. The molecule has 0 saturated carbocycles. The molecule has 2 unspecified atom stereocenters. The minimum Gasteiger partial charge on any atom is -0.497 e. The van der Waals surface area contributed by atoms with Crippen LogP contribution in [0.3, 0.4) is 0 Å². The molecule has 0 aliphatic carbocycles. The maximum Gasteiger partial charge on any atom is 0.413 e. The lowest BCUT2D eigenvalue weighted by molar-refractivity contribution is -0.173. The van der Waals surface area contributed by atoms with Gasteiger partial charge in [-0.15, -0.1) is 0 Å². The number of ether oxygens (including phenoxy) is 5. The van der Waals surface area contributed by atoms with E-state index in [-0.39, 0.29) is 5.92 Å². The summed E-state index contributed by atoms with van der Waals surface area (Å²) in [6, 6.07) is 4.35. The first-order chi connectivity index (χ1) is 16.1. The molecule has 0 bridgehead atoms. The summed E-state index contributed by atoms with van der Waals surface area (Å²) in [5.74, 6) is -0.467. The Morgan fingerprint density at radius 3 is 2.14 bits per heavy atom. The third kappa shape index (κ3) is 7.10. The van der Waals surface area contributed by atoms with Crippen LogP contribution in [-0.4, -0.2) is 54.9 Å². The molecule has 1 heterocycles. The minimum atomic E-state index is -1.20. The number of esters is 2. The summed E-state index contributed by atoms with van der Waals surface area (Å²) in [6.07, 6.45) is -2.45. The lowest BCUT2D eigenvalue weighted by atomic mass is 9.96. The van der Waals surface area contributed by atoms with E-state index in [2.05, 4.69) is 0 Å². The molecule has 9 nitrogen and oxygen atoms in total. The first-order valence-electron chi connectivity index (χ1n) is 11.7. The monoisotopic (exact) mass is 493 g/mol. The standard InChI is InChI=1S/C26H39NO8/c1-15(2)13-18-20(22(28)34-23(29)25(3,4)5)33-21(27(18)24(30)35-26(6,7)8)17-12-11-16(31-9)14-19(17)32-10/h11-12,14-15,18,20-21H,13H2,1-10H3/t18?,20-,21?/m1/s1. The van der Waals surface area contributed by atoms with E-state index in [9.17, 15) is 14.4 Å². The smallest absolute Gasteiger partial charge is 0.413 e. The number of carbonyl (C=O) groups is 3. The first kappa shape index (κ1) is 28.4. The number of methoxy groups -OCH3 is 2. The number of hydrogen-bond donors (Lipinski definition) is 0. The number of carbonyl (C=O) groups excluding carboxylic acids is 3. The number of nitrogens with zero attached hydrogens (tertiary/aromatic N) is 1. The highest BCUT2D eigenvalue weighted by atomic mass is 16.6. The van der Waals surface area contributed by atoms with Gasteiger partial charge in [0.05, 0.1) is 25.7 Å². The van der Waals surface area contributed by atoms with Crippen LogP contribution in [-0.2, 0) is 23.8 Å². The normalized spacial score (nSPS) is 20.5. The molecule has 196 valence electrons. The van der Waals surface area contributed by atoms with Gasteiger partial charge in [0.25, 0.3) is 0 Å². The van der Waals surface area contributed by atoms with E-state index in [0.29, 0.717) is 23.5 Å². The van der Waals surface area contributed by atoms with Gasteiger partial charge in [0.2, 0.25) is 0 Å². The Morgan fingerprint density at radius 1 is 1.03 bits per heavy atom. The van der Waals surface area contributed by atoms with E-state index in [1.807, 2.05) is 13.8 Å². The zero-order valence-corrected chi connectivity index (χ0v) is 22.5. The van der Waals surface area contributed by atoms with Crippen molar-refractivity contribution in [2.24, 2.45) is 11.3 Å². The van der Waals surface area contributed by atoms with Crippen molar-refractivity contribution in [3.05, 3.63) is 23.8 Å². The van der Waals surface area contributed by atoms with Gasteiger partial charge >= 0.3 is 18.0 Å². The largest absolute Gasteiger partial charge is 0.497 e. The average Bonchev–Trinajstić information content (AvgIpc) is 3.09. The van der Waals surface area contributed by atoms with Crippen LogP contribution in [0.15, 0.2) is 18.2 Å². The summed E-state index contributed by atoms with van der Waals surface area (Å²) >= 11 is 0. The van der Waals surface area contributed by atoms with E-state index < -0.39 is 47.4 Å². The zero-order valence-electron chi connectivity index (χ0n) is 22.5. The number of hydrogen-bond acceptors (Lipinski definition) is 8. The molecule has 0 radical (unpaired) electrons. The molecule has 1 aromatic rings. The number of rotatable bonds is 6. The Bertz CT molecular complexity index is 928. The van der Waals surface area contributed by atoms with Crippen molar-refractivity contribution in [1.29, 1.82) is 0 Å². The molecule has 0 aromatic heterocycles. The molecule has 35 heavy (non-hydrogen) atoms. The average molecular weight is 494 g/mol. The lowest BCUT2D eigenvalue weighted by Crippen LogP contribution is -2.46. The van der Waals surface area contributed by atoms with Crippen LogP contribution in [0, 0.1) is 11.3 Å². The molecule has 0 spiro atoms. The summed E-state index contributed by atoms with van der Waals surface area (Å²) in [4.78, 5) is 40.5. The quantitative estimate of drug-likeness (QED) is 0.409. The van der Waals surface area contributed by atoms with Crippen molar-refractivity contribution in [2.75, 3.05) is 14.2 Å². The van der Waals surface area contributed by atoms with Crippen molar-refractivity contribution in [2.45, 2.75) is 85.8 Å². The maximum absolute atomic E-state index is 13.4. The zero-order chi connectivity index (χ0) is 26.7. The second-order valence-corrected chi connectivity index (χ2v) is 11.1. The van der Waals surface area contributed by atoms with Crippen molar-refractivity contribution >= 4 is 18.0 Å². The highest BCUT2D eigenvalue weighted by Crippen LogP contribution is 2.43. The fourth-order valence-corrected chi connectivity index (χ4v) is 3.64. The SMILES string of the molecule is COc1ccc(C2O[C@@H](C(=O)OC(=O)C(C)(C)C)C(CC(C)C)N2C(=O)OC(C)(C)C)c(OC)c1. The topological polar surface area (TPSA) is 101 Å². The molecule has 1 aliphatic rings. The molecular formula is C26H39NO8. The summed E-state index contributed by atoms with van der Waals surface area (Å²) in [6.45, 7) is 14.2. The van der Waals surface area contributed by atoms with Crippen molar-refractivity contribution in [3.63, 3.8) is 0 Å². The van der Waals surface area contributed by atoms with Gasteiger partial charge in [-0.1, -0.05) is 13.8 Å². The van der Waals surface area contributed by atoms with Crippen LogP contribution in [0.25, 0.3) is 0 Å². The van der Waals surface area contributed by atoms with Crippen LogP contribution in [0.5, 0.6) is 11.5 Å². The molecule has 9 heteroatoms. The van der Waals surface area contributed by atoms with E-state index in [1.54, 1.807) is 59.7 Å². The fraction of sp³-hybridized carbons (Fsp3) is 0.654. The Hall–Kier alpha value is -2.81. The predicted molar refractivity (Wildman–Crippen MR) is 129 cm³/mol. The third-order valence-electron chi connectivity index (χ3n) is 5.30. The predicted octanol–water partition coefficient (Wildman–Crippen LogP) is 4.87. The highest BCUT2D eigenvalue weighted by molar-refractivity contribution is 5.91. The minimum absolute atomic E-state index is 0.0960. The summed E-state index contributed by atoms with van der Waals surface area (Å²) in [5.41, 5.74) is -1.16. The number of benzene rings is 1. The van der Waals surface area contributed by atoms with Crippen LogP contribution in [0.2, 0.25) is 0 Å².